The van der Waals surface area contributed by atoms with Gasteiger partial charge in [0.2, 0.25) is 15.2 Å². The Morgan fingerprint density at radius 2 is 1.85 bits per heavy atom. The Kier molecular flexibility index (Phi) is 5.94. The molecular weight excluding hydrogens is 368 g/mol. The van der Waals surface area contributed by atoms with Crippen LogP contribution in [0.4, 0.5) is 5.13 Å². The fourth-order valence-corrected chi connectivity index (χ4v) is 5.02. The van der Waals surface area contributed by atoms with Crippen LogP contribution in [0.15, 0.2) is 24.3 Å². The lowest BCUT2D eigenvalue weighted by Gasteiger charge is -2.22. The zero-order chi connectivity index (χ0) is 18.7. The van der Waals surface area contributed by atoms with Crippen LogP contribution in [0.5, 0.6) is 0 Å². The Labute approximate surface area is 160 Å². The van der Waals surface area contributed by atoms with Crippen LogP contribution < -0.4 is 4.90 Å². The molecule has 1 aromatic carbocycles. The van der Waals surface area contributed by atoms with Gasteiger partial charge in [-0.05, 0) is 32.8 Å². The van der Waals surface area contributed by atoms with Gasteiger partial charge >= 0.3 is 0 Å². The monoisotopic (exact) mass is 394 g/mol. The van der Waals surface area contributed by atoms with Gasteiger partial charge in [-0.2, -0.15) is 8.68 Å². The number of benzene rings is 1. The Morgan fingerprint density at radius 1 is 1.12 bits per heavy atom. The first-order valence-electron chi connectivity index (χ1n) is 8.98. The maximum absolute atomic E-state index is 12.4. The molecule has 2 aromatic rings. The van der Waals surface area contributed by atoms with E-state index >= 15 is 0 Å². The Hall–Kier alpha value is -1.51. The molecule has 0 spiro atoms. The fourth-order valence-electron chi connectivity index (χ4n) is 2.97. The SMILES string of the molecule is Cc1ccc(Cc2nsc(N3CCCN(S(=O)(=O)C(C)C)CC3)n2)cc1. The van der Waals surface area contributed by atoms with Crippen molar-refractivity contribution in [1.29, 1.82) is 0 Å². The van der Waals surface area contributed by atoms with Crippen molar-refractivity contribution in [2.24, 2.45) is 0 Å². The highest BCUT2D eigenvalue weighted by atomic mass is 32.2. The number of nitrogens with zero attached hydrogens (tertiary/aromatic N) is 4. The average Bonchev–Trinajstić information content (AvgIpc) is 2.91. The van der Waals surface area contributed by atoms with Gasteiger partial charge in [0.15, 0.2) is 0 Å². The molecule has 0 aliphatic carbocycles. The standard InChI is InChI=1S/C18H26N4O2S2/c1-14(2)26(23,24)22-10-4-9-21(11-12-22)18-19-17(20-25-18)13-16-7-5-15(3)6-8-16/h5-8,14H,4,9-13H2,1-3H3. The molecule has 0 atom stereocenters. The minimum Gasteiger partial charge on any atom is -0.345 e. The summed E-state index contributed by atoms with van der Waals surface area (Å²) < 4.78 is 30.9. The van der Waals surface area contributed by atoms with Crippen LogP contribution in [0.3, 0.4) is 0 Å². The van der Waals surface area contributed by atoms with Crippen molar-refractivity contribution in [3.05, 3.63) is 41.2 Å². The minimum absolute atomic E-state index is 0.378. The summed E-state index contributed by atoms with van der Waals surface area (Å²) in [4.78, 5) is 6.84. The summed E-state index contributed by atoms with van der Waals surface area (Å²) >= 11 is 1.40. The van der Waals surface area contributed by atoms with Gasteiger partial charge in [-0.25, -0.2) is 13.4 Å². The van der Waals surface area contributed by atoms with Crippen LogP contribution in [-0.2, 0) is 16.4 Å². The summed E-state index contributed by atoms with van der Waals surface area (Å²) in [6, 6.07) is 8.41. The van der Waals surface area contributed by atoms with E-state index in [1.54, 1.807) is 18.2 Å². The quantitative estimate of drug-likeness (QED) is 0.780. The smallest absolute Gasteiger partial charge is 0.216 e. The van der Waals surface area contributed by atoms with E-state index < -0.39 is 10.0 Å². The van der Waals surface area contributed by atoms with Crippen molar-refractivity contribution >= 4 is 26.7 Å². The molecule has 8 heteroatoms. The molecule has 0 saturated carbocycles. The first kappa shape index (κ1) is 19.3. The highest BCUT2D eigenvalue weighted by Crippen LogP contribution is 2.22. The molecule has 142 valence electrons. The zero-order valence-electron chi connectivity index (χ0n) is 15.6. The van der Waals surface area contributed by atoms with Crippen molar-refractivity contribution in [2.75, 3.05) is 31.1 Å². The maximum atomic E-state index is 12.4. The van der Waals surface area contributed by atoms with Gasteiger partial charge in [0.25, 0.3) is 0 Å². The van der Waals surface area contributed by atoms with Crippen LogP contribution in [-0.4, -0.2) is 53.5 Å². The van der Waals surface area contributed by atoms with Crippen molar-refractivity contribution < 1.29 is 8.42 Å². The predicted octanol–water partition coefficient (Wildman–Crippen LogP) is 2.69. The summed E-state index contributed by atoms with van der Waals surface area (Å²) in [6.07, 6.45) is 1.53. The largest absolute Gasteiger partial charge is 0.345 e. The van der Waals surface area contributed by atoms with Gasteiger partial charge in [-0.3, -0.25) is 0 Å². The lowest BCUT2D eigenvalue weighted by atomic mass is 10.1. The second-order valence-corrected chi connectivity index (χ2v) is 10.2. The molecule has 1 aliphatic rings. The van der Waals surface area contributed by atoms with Crippen LogP contribution in [0.2, 0.25) is 0 Å². The summed E-state index contributed by atoms with van der Waals surface area (Å²) in [7, 11) is -3.19. The average molecular weight is 395 g/mol. The first-order chi connectivity index (χ1) is 12.4. The summed E-state index contributed by atoms with van der Waals surface area (Å²) in [5, 5.41) is 0.507. The van der Waals surface area contributed by atoms with E-state index in [0.717, 1.165) is 30.3 Å². The predicted molar refractivity (Wildman–Crippen MR) is 106 cm³/mol. The molecule has 26 heavy (non-hydrogen) atoms. The molecule has 6 nitrogen and oxygen atoms in total. The Morgan fingerprint density at radius 3 is 2.54 bits per heavy atom. The third-order valence-corrected chi connectivity index (χ3v) is 7.71. The third-order valence-electron chi connectivity index (χ3n) is 4.62. The highest BCUT2D eigenvalue weighted by molar-refractivity contribution is 7.89. The molecule has 3 rings (SSSR count). The number of aromatic nitrogens is 2. The molecule has 1 aromatic heterocycles. The lowest BCUT2D eigenvalue weighted by Crippen LogP contribution is -2.39. The van der Waals surface area contributed by atoms with Crippen LogP contribution in [0.25, 0.3) is 0 Å². The summed E-state index contributed by atoms with van der Waals surface area (Å²) in [6.45, 7) is 8.10. The van der Waals surface area contributed by atoms with Gasteiger partial charge in [0.05, 0.1) is 5.25 Å². The number of sulfonamides is 1. The number of anilines is 1. The summed E-state index contributed by atoms with van der Waals surface area (Å²) in [5.74, 6) is 0.824. The van der Waals surface area contributed by atoms with E-state index in [1.165, 1.54) is 22.7 Å². The van der Waals surface area contributed by atoms with E-state index in [1.807, 2.05) is 0 Å². The van der Waals surface area contributed by atoms with E-state index in [4.69, 9.17) is 0 Å². The van der Waals surface area contributed by atoms with Gasteiger partial charge in [0, 0.05) is 44.1 Å². The van der Waals surface area contributed by atoms with Crippen molar-refractivity contribution in [1.82, 2.24) is 13.7 Å². The normalized spacial score (nSPS) is 16.8. The highest BCUT2D eigenvalue weighted by Gasteiger charge is 2.28. The maximum Gasteiger partial charge on any atom is 0.216 e. The van der Waals surface area contributed by atoms with Crippen molar-refractivity contribution in [2.45, 2.75) is 38.9 Å². The van der Waals surface area contributed by atoms with E-state index in [-0.39, 0.29) is 5.25 Å². The van der Waals surface area contributed by atoms with Gasteiger partial charge in [-0.1, -0.05) is 29.8 Å². The molecule has 0 bridgehead atoms. The number of hydrogen-bond acceptors (Lipinski definition) is 6. The van der Waals surface area contributed by atoms with Crippen LogP contribution >= 0.6 is 11.5 Å². The first-order valence-corrected chi connectivity index (χ1v) is 11.3. The molecular formula is C18H26N4O2S2. The molecule has 1 fully saturated rings. The molecule has 1 saturated heterocycles. The van der Waals surface area contributed by atoms with E-state index in [0.29, 0.717) is 19.6 Å². The number of hydrogen-bond donors (Lipinski definition) is 0. The molecule has 0 unspecified atom stereocenters. The molecule has 0 N–H and O–H groups in total. The number of aryl methyl sites for hydroxylation is 1. The zero-order valence-corrected chi connectivity index (χ0v) is 17.2. The fraction of sp³-hybridized carbons (Fsp3) is 0.556. The second kappa shape index (κ2) is 8.02. The number of rotatable bonds is 5. The van der Waals surface area contributed by atoms with Crippen LogP contribution in [0.1, 0.15) is 37.2 Å². The topological polar surface area (TPSA) is 66.4 Å². The van der Waals surface area contributed by atoms with Crippen molar-refractivity contribution in [3.8, 4) is 0 Å². The van der Waals surface area contributed by atoms with Gasteiger partial charge < -0.3 is 4.90 Å². The van der Waals surface area contributed by atoms with Gasteiger partial charge in [-0.15, -0.1) is 0 Å². The Bertz CT molecular complexity index is 831. The summed E-state index contributed by atoms with van der Waals surface area (Å²) in [5.41, 5.74) is 2.44. The van der Waals surface area contributed by atoms with Crippen molar-refractivity contribution in [3.63, 3.8) is 0 Å². The molecule has 0 radical (unpaired) electrons. The van der Waals surface area contributed by atoms with E-state index in [9.17, 15) is 8.42 Å². The van der Waals surface area contributed by atoms with Gasteiger partial charge in [0.1, 0.15) is 5.82 Å². The Balaban J connectivity index is 1.65. The third kappa shape index (κ3) is 4.42. The van der Waals surface area contributed by atoms with E-state index in [2.05, 4.69) is 45.4 Å². The molecule has 0 amide bonds. The minimum atomic E-state index is -3.19. The lowest BCUT2D eigenvalue weighted by molar-refractivity contribution is 0.427. The second-order valence-electron chi connectivity index (χ2n) is 6.99. The molecule has 1 aliphatic heterocycles. The molecule has 2 heterocycles. The van der Waals surface area contributed by atoms with Crippen LogP contribution in [0, 0.1) is 6.92 Å².